The van der Waals surface area contributed by atoms with Gasteiger partial charge in [-0.1, -0.05) is 6.07 Å². The zero-order chi connectivity index (χ0) is 18.2. The van der Waals surface area contributed by atoms with Crippen LogP contribution in [0.15, 0.2) is 24.3 Å². The third-order valence-corrected chi connectivity index (χ3v) is 4.19. The molecule has 136 valence electrons. The SMILES string of the molecule is CN(C)CCCNC(=O)c1cccc(C(=O)N2CCN(C=O)CC2)c1. The Balaban J connectivity index is 1.92. The molecule has 2 rings (SSSR count). The summed E-state index contributed by atoms with van der Waals surface area (Å²) < 4.78 is 0. The van der Waals surface area contributed by atoms with Crippen molar-refractivity contribution in [3.8, 4) is 0 Å². The molecule has 0 aliphatic carbocycles. The Kier molecular flexibility index (Phi) is 6.94. The van der Waals surface area contributed by atoms with Crippen molar-refractivity contribution in [1.29, 1.82) is 0 Å². The van der Waals surface area contributed by atoms with Gasteiger partial charge in [0.1, 0.15) is 0 Å². The van der Waals surface area contributed by atoms with Crippen molar-refractivity contribution in [2.45, 2.75) is 6.42 Å². The van der Waals surface area contributed by atoms with E-state index < -0.39 is 0 Å². The highest BCUT2D eigenvalue weighted by Gasteiger charge is 2.21. The second kappa shape index (κ2) is 9.17. The third-order valence-electron chi connectivity index (χ3n) is 4.19. The lowest BCUT2D eigenvalue weighted by molar-refractivity contribution is -0.119. The predicted octanol–water partition coefficient (Wildman–Crippen LogP) is 0.282. The van der Waals surface area contributed by atoms with Crippen LogP contribution in [0.3, 0.4) is 0 Å². The van der Waals surface area contributed by atoms with Crippen LogP contribution in [0.4, 0.5) is 0 Å². The van der Waals surface area contributed by atoms with Gasteiger partial charge in [0, 0.05) is 43.9 Å². The van der Waals surface area contributed by atoms with Gasteiger partial charge in [-0.25, -0.2) is 0 Å². The van der Waals surface area contributed by atoms with Gasteiger partial charge in [0.2, 0.25) is 6.41 Å². The van der Waals surface area contributed by atoms with Crippen molar-refractivity contribution in [2.24, 2.45) is 0 Å². The van der Waals surface area contributed by atoms with Gasteiger partial charge < -0.3 is 20.0 Å². The zero-order valence-corrected chi connectivity index (χ0v) is 14.9. The molecule has 1 aliphatic heterocycles. The Bertz CT molecular complexity index is 610. The molecule has 1 heterocycles. The van der Waals surface area contributed by atoms with Crippen molar-refractivity contribution in [3.05, 3.63) is 35.4 Å². The first-order chi connectivity index (χ1) is 12.0. The number of benzene rings is 1. The molecule has 0 aromatic heterocycles. The van der Waals surface area contributed by atoms with E-state index in [0.717, 1.165) is 19.4 Å². The summed E-state index contributed by atoms with van der Waals surface area (Å²) in [5.41, 5.74) is 0.989. The average molecular weight is 346 g/mol. The van der Waals surface area contributed by atoms with Crippen molar-refractivity contribution < 1.29 is 14.4 Å². The first-order valence-corrected chi connectivity index (χ1v) is 8.53. The summed E-state index contributed by atoms with van der Waals surface area (Å²) in [6, 6.07) is 6.79. The second-order valence-corrected chi connectivity index (χ2v) is 6.43. The molecular weight excluding hydrogens is 320 g/mol. The topological polar surface area (TPSA) is 73.0 Å². The van der Waals surface area contributed by atoms with Gasteiger partial charge in [-0.05, 0) is 45.3 Å². The lowest BCUT2D eigenvalue weighted by atomic mass is 10.1. The predicted molar refractivity (Wildman–Crippen MR) is 95.5 cm³/mol. The maximum absolute atomic E-state index is 12.6. The minimum absolute atomic E-state index is 0.104. The van der Waals surface area contributed by atoms with E-state index in [0.29, 0.717) is 43.9 Å². The van der Waals surface area contributed by atoms with Crippen molar-refractivity contribution in [1.82, 2.24) is 20.0 Å². The maximum Gasteiger partial charge on any atom is 0.253 e. The van der Waals surface area contributed by atoms with Crippen LogP contribution in [-0.4, -0.2) is 86.3 Å². The average Bonchev–Trinajstić information content (AvgIpc) is 2.64. The highest BCUT2D eigenvalue weighted by atomic mass is 16.2. The van der Waals surface area contributed by atoms with Gasteiger partial charge in [-0.15, -0.1) is 0 Å². The minimum Gasteiger partial charge on any atom is -0.352 e. The molecule has 0 radical (unpaired) electrons. The molecule has 0 atom stereocenters. The largest absolute Gasteiger partial charge is 0.352 e. The van der Waals surface area contributed by atoms with Crippen molar-refractivity contribution in [2.75, 3.05) is 53.4 Å². The van der Waals surface area contributed by atoms with Crippen LogP contribution in [0, 0.1) is 0 Å². The molecular formula is C18H26N4O3. The summed E-state index contributed by atoms with van der Waals surface area (Å²) >= 11 is 0. The Labute approximate surface area is 148 Å². The number of hydrogen-bond donors (Lipinski definition) is 1. The smallest absolute Gasteiger partial charge is 0.253 e. The fraction of sp³-hybridized carbons (Fsp3) is 0.500. The Morgan fingerprint density at radius 1 is 1.16 bits per heavy atom. The van der Waals surface area contributed by atoms with Crippen LogP contribution in [-0.2, 0) is 4.79 Å². The molecule has 0 saturated carbocycles. The van der Waals surface area contributed by atoms with E-state index in [1.54, 1.807) is 34.1 Å². The molecule has 7 nitrogen and oxygen atoms in total. The second-order valence-electron chi connectivity index (χ2n) is 6.43. The third kappa shape index (κ3) is 5.56. The van der Waals surface area contributed by atoms with Crippen LogP contribution in [0.2, 0.25) is 0 Å². The number of amides is 3. The van der Waals surface area contributed by atoms with Gasteiger partial charge in [-0.2, -0.15) is 0 Å². The number of piperazine rings is 1. The number of rotatable bonds is 7. The fourth-order valence-electron chi connectivity index (χ4n) is 2.71. The van der Waals surface area contributed by atoms with Crippen LogP contribution in [0.5, 0.6) is 0 Å². The van der Waals surface area contributed by atoms with Gasteiger partial charge in [0.15, 0.2) is 0 Å². The first kappa shape index (κ1) is 18.9. The van der Waals surface area contributed by atoms with Gasteiger partial charge in [0.05, 0.1) is 0 Å². The molecule has 1 aromatic carbocycles. The van der Waals surface area contributed by atoms with E-state index >= 15 is 0 Å². The molecule has 0 bridgehead atoms. The molecule has 1 aromatic rings. The van der Waals surface area contributed by atoms with E-state index in [2.05, 4.69) is 10.2 Å². The number of carbonyl (C=O) groups is 3. The van der Waals surface area contributed by atoms with Gasteiger partial charge in [0.25, 0.3) is 11.8 Å². The number of nitrogens with zero attached hydrogens (tertiary/aromatic N) is 3. The lowest BCUT2D eigenvalue weighted by Gasteiger charge is -2.32. The van der Waals surface area contributed by atoms with Crippen molar-refractivity contribution in [3.63, 3.8) is 0 Å². The van der Waals surface area contributed by atoms with Crippen LogP contribution in [0.1, 0.15) is 27.1 Å². The Hall–Kier alpha value is -2.41. The maximum atomic E-state index is 12.6. The Morgan fingerprint density at radius 2 is 1.84 bits per heavy atom. The summed E-state index contributed by atoms with van der Waals surface area (Å²) in [5, 5.41) is 2.88. The molecule has 3 amide bonds. The van der Waals surface area contributed by atoms with E-state index in [9.17, 15) is 14.4 Å². The van der Waals surface area contributed by atoms with Crippen molar-refractivity contribution >= 4 is 18.2 Å². The molecule has 1 aliphatic rings. The summed E-state index contributed by atoms with van der Waals surface area (Å²) in [6.45, 7) is 3.62. The Morgan fingerprint density at radius 3 is 2.48 bits per heavy atom. The molecule has 1 saturated heterocycles. The zero-order valence-electron chi connectivity index (χ0n) is 14.9. The number of nitrogens with one attached hydrogen (secondary N) is 1. The fourth-order valence-corrected chi connectivity index (χ4v) is 2.71. The standard InChI is InChI=1S/C18H26N4O3/c1-20(2)8-4-7-19-17(24)15-5-3-6-16(13-15)18(25)22-11-9-21(14-23)10-12-22/h3,5-6,13-14H,4,7-12H2,1-2H3,(H,19,24). The number of carbonyl (C=O) groups excluding carboxylic acids is 3. The molecule has 7 heteroatoms. The summed E-state index contributed by atoms with van der Waals surface area (Å²) in [7, 11) is 3.98. The summed E-state index contributed by atoms with van der Waals surface area (Å²) in [5.74, 6) is -0.271. The van der Waals surface area contributed by atoms with Gasteiger partial charge >= 0.3 is 0 Å². The lowest BCUT2D eigenvalue weighted by Crippen LogP contribution is -2.48. The normalized spacial score (nSPS) is 14.5. The number of hydrogen-bond acceptors (Lipinski definition) is 4. The first-order valence-electron chi connectivity index (χ1n) is 8.53. The molecule has 1 N–H and O–H groups in total. The van der Waals surface area contributed by atoms with Crippen LogP contribution in [0.25, 0.3) is 0 Å². The monoisotopic (exact) mass is 346 g/mol. The molecule has 0 unspecified atom stereocenters. The summed E-state index contributed by atoms with van der Waals surface area (Å²) in [4.78, 5) is 41.0. The van der Waals surface area contributed by atoms with E-state index in [4.69, 9.17) is 0 Å². The van der Waals surface area contributed by atoms with E-state index in [-0.39, 0.29) is 11.8 Å². The van der Waals surface area contributed by atoms with Gasteiger partial charge in [-0.3, -0.25) is 14.4 Å². The highest BCUT2D eigenvalue weighted by Crippen LogP contribution is 2.11. The van der Waals surface area contributed by atoms with Crippen LogP contribution < -0.4 is 5.32 Å². The highest BCUT2D eigenvalue weighted by molar-refractivity contribution is 5.99. The van der Waals surface area contributed by atoms with E-state index in [1.165, 1.54) is 0 Å². The quantitative estimate of drug-likeness (QED) is 0.569. The molecule has 25 heavy (non-hydrogen) atoms. The molecule has 1 fully saturated rings. The van der Waals surface area contributed by atoms with Crippen LogP contribution >= 0.6 is 0 Å². The van der Waals surface area contributed by atoms with E-state index in [1.807, 2.05) is 14.1 Å². The summed E-state index contributed by atoms with van der Waals surface area (Å²) in [6.07, 6.45) is 1.68. The molecule has 0 spiro atoms. The minimum atomic E-state index is -0.167.